The van der Waals surface area contributed by atoms with Crippen molar-refractivity contribution < 1.29 is 22.8 Å². The number of piperidine rings is 1. The Balaban J connectivity index is 1.83. The molecule has 2 aliphatic rings. The van der Waals surface area contributed by atoms with Gasteiger partial charge in [-0.25, -0.2) is 4.79 Å². The van der Waals surface area contributed by atoms with Gasteiger partial charge in [0, 0.05) is 19.6 Å². The van der Waals surface area contributed by atoms with Crippen molar-refractivity contribution in [3.05, 3.63) is 0 Å². The van der Waals surface area contributed by atoms with E-state index in [4.69, 9.17) is 0 Å². The van der Waals surface area contributed by atoms with Gasteiger partial charge in [0.05, 0.1) is 12.5 Å². The van der Waals surface area contributed by atoms with Crippen LogP contribution in [-0.4, -0.2) is 60.6 Å². The lowest BCUT2D eigenvalue weighted by Crippen LogP contribution is -2.45. The van der Waals surface area contributed by atoms with E-state index >= 15 is 0 Å². The molecule has 0 aromatic heterocycles. The number of alkyl halides is 3. The summed E-state index contributed by atoms with van der Waals surface area (Å²) >= 11 is 0. The molecule has 0 radical (unpaired) electrons. The van der Waals surface area contributed by atoms with Crippen molar-refractivity contribution >= 4 is 11.9 Å². The minimum absolute atomic E-state index is 0.0238. The molecule has 3 amide bonds. The molecular formula is C11H16F3N3O2. The second kappa shape index (κ2) is 5.36. The first-order valence-electron chi connectivity index (χ1n) is 6.25. The lowest BCUT2D eigenvalue weighted by atomic mass is 9.97. The number of rotatable bonds is 3. The van der Waals surface area contributed by atoms with Crippen LogP contribution in [-0.2, 0) is 4.79 Å². The smallest absolute Gasteiger partial charge is 0.329 e. The predicted octanol–water partition coefficient (Wildman–Crippen LogP) is 0.812. The Bertz CT molecular complexity index is 357. The molecule has 2 rings (SSSR count). The van der Waals surface area contributed by atoms with Gasteiger partial charge in [0.1, 0.15) is 0 Å². The number of likely N-dealkylation sites (tertiary alicyclic amines) is 1. The van der Waals surface area contributed by atoms with Crippen LogP contribution in [0.3, 0.4) is 0 Å². The van der Waals surface area contributed by atoms with E-state index in [-0.39, 0.29) is 32.0 Å². The summed E-state index contributed by atoms with van der Waals surface area (Å²) < 4.78 is 37.9. The van der Waals surface area contributed by atoms with Gasteiger partial charge in [-0.3, -0.25) is 9.69 Å². The van der Waals surface area contributed by atoms with Gasteiger partial charge in [-0.05, 0) is 19.4 Å². The largest absolute Gasteiger partial charge is 0.393 e. The van der Waals surface area contributed by atoms with Crippen molar-refractivity contribution in [2.24, 2.45) is 5.92 Å². The summed E-state index contributed by atoms with van der Waals surface area (Å²) in [5, 5.41) is 2.38. The van der Waals surface area contributed by atoms with Crippen molar-refractivity contribution in [2.45, 2.75) is 19.0 Å². The molecule has 1 N–H and O–H groups in total. The lowest BCUT2D eigenvalue weighted by molar-refractivity contribution is -0.186. The SMILES string of the molecule is O=C1CNC(=O)N1CCN1CCCC(C(F)(F)F)C1. The van der Waals surface area contributed by atoms with E-state index in [2.05, 4.69) is 5.32 Å². The Morgan fingerprint density at radius 3 is 2.58 bits per heavy atom. The number of urea groups is 1. The minimum atomic E-state index is -4.17. The van der Waals surface area contributed by atoms with Crippen molar-refractivity contribution in [1.29, 1.82) is 0 Å². The first-order valence-corrected chi connectivity index (χ1v) is 6.25. The Morgan fingerprint density at radius 2 is 2.00 bits per heavy atom. The molecular weight excluding hydrogens is 263 g/mol. The standard InChI is InChI=1S/C11H16F3N3O2/c12-11(13,14)8-2-1-3-16(7-8)4-5-17-9(18)6-15-10(17)19/h8H,1-7H2,(H,15,19). The van der Waals surface area contributed by atoms with Gasteiger partial charge < -0.3 is 10.2 Å². The summed E-state index contributed by atoms with van der Waals surface area (Å²) in [5.41, 5.74) is 0. The van der Waals surface area contributed by atoms with Crippen LogP contribution >= 0.6 is 0 Å². The van der Waals surface area contributed by atoms with Gasteiger partial charge in [-0.2, -0.15) is 13.2 Å². The minimum Gasteiger partial charge on any atom is -0.329 e. The van der Waals surface area contributed by atoms with Crippen molar-refractivity contribution in [3.8, 4) is 0 Å². The molecule has 19 heavy (non-hydrogen) atoms. The predicted molar refractivity (Wildman–Crippen MR) is 60.3 cm³/mol. The maximum atomic E-state index is 12.6. The number of carbonyl (C=O) groups excluding carboxylic acids is 2. The van der Waals surface area contributed by atoms with E-state index < -0.39 is 18.1 Å². The quantitative estimate of drug-likeness (QED) is 0.778. The van der Waals surface area contributed by atoms with Gasteiger partial charge in [-0.15, -0.1) is 0 Å². The van der Waals surface area contributed by atoms with Crippen LogP contribution in [0.2, 0.25) is 0 Å². The van der Waals surface area contributed by atoms with Crippen molar-refractivity contribution in [1.82, 2.24) is 15.1 Å². The Morgan fingerprint density at radius 1 is 1.26 bits per heavy atom. The van der Waals surface area contributed by atoms with Crippen LogP contribution in [0.1, 0.15) is 12.8 Å². The fourth-order valence-electron chi connectivity index (χ4n) is 2.45. The Labute approximate surface area is 108 Å². The maximum absolute atomic E-state index is 12.6. The third kappa shape index (κ3) is 3.37. The number of nitrogens with zero attached hydrogens (tertiary/aromatic N) is 2. The van der Waals surface area contributed by atoms with Crippen LogP contribution in [0.5, 0.6) is 0 Å². The second-order valence-electron chi connectivity index (χ2n) is 4.89. The highest BCUT2D eigenvalue weighted by atomic mass is 19.4. The number of carbonyl (C=O) groups is 2. The number of halogens is 3. The molecule has 0 aliphatic carbocycles. The van der Waals surface area contributed by atoms with Crippen molar-refractivity contribution in [2.75, 3.05) is 32.7 Å². The average molecular weight is 279 g/mol. The maximum Gasteiger partial charge on any atom is 0.393 e. The van der Waals surface area contributed by atoms with Gasteiger partial charge in [0.2, 0.25) is 5.91 Å². The molecule has 0 aromatic carbocycles. The van der Waals surface area contributed by atoms with E-state index in [9.17, 15) is 22.8 Å². The van der Waals surface area contributed by atoms with Crippen LogP contribution in [0, 0.1) is 5.92 Å². The number of nitrogens with one attached hydrogen (secondary N) is 1. The fraction of sp³-hybridized carbons (Fsp3) is 0.818. The zero-order valence-corrected chi connectivity index (χ0v) is 10.4. The van der Waals surface area contributed by atoms with E-state index in [1.54, 1.807) is 4.90 Å². The monoisotopic (exact) mass is 279 g/mol. The lowest BCUT2D eigenvalue weighted by Gasteiger charge is -2.34. The van der Waals surface area contributed by atoms with Crippen molar-refractivity contribution in [3.63, 3.8) is 0 Å². The van der Waals surface area contributed by atoms with Gasteiger partial charge in [0.15, 0.2) is 0 Å². The summed E-state index contributed by atoms with van der Waals surface area (Å²) in [4.78, 5) is 25.3. The van der Waals surface area contributed by atoms with Crippen LogP contribution in [0.15, 0.2) is 0 Å². The zero-order chi connectivity index (χ0) is 14.0. The number of amides is 3. The first kappa shape index (κ1) is 14.1. The van der Waals surface area contributed by atoms with E-state index in [1.165, 1.54) is 0 Å². The number of hydrogen-bond acceptors (Lipinski definition) is 3. The molecule has 0 saturated carbocycles. The number of hydrogen-bond donors (Lipinski definition) is 1. The highest BCUT2D eigenvalue weighted by Crippen LogP contribution is 2.32. The second-order valence-corrected chi connectivity index (χ2v) is 4.89. The molecule has 2 heterocycles. The van der Waals surface area contributed by atoms with E-state index in [0.717, 1.165) is 4.90 Å². The molecule has 1 atom stereocenters. The molecule has 0 bridgehead atoms. The highest BCUT2D eigenvalue weighted by Gasteiger charge is 2.41. The molecule has 5 nitrogen and oxygen atoms in total. The third-order valence-electron chi connectivity index (χ3n) is 3.55. The molecule has 2 saturated heterocycles. The molecule has 1 unspecified atom stereocenters. The topological polar surface area (TPSA) is 52.7 Å². The molecule has 2 fully saturated rings. The summed E-state index contributed by atoms with van der Waals surface area (Å²) in [7, 11) is 0. The molecule has 0 spiro atoms. The summed E-state index contributed by atoms with van der Waals surface area (Å²) in [6, 6.07) is -0.464. The fourth-order valence-corrected chi connectivity index (χ4v) is 2.45. The molecule has 8 heteroatoms. The Kier molecular flexibility index (Phi) is 3.98. The average Bonchev–Trinajstić information content (AvgIpc) is 2.66. The normalized spacial score (nSPS) is 25.8. The van der Waals surface area contributed by atoms with Gasteiger partial charge in [-0.1, -0.05) is 0 Å². The van der Waals surface area contributed by atoms with E-state index in [0.29, 0.717) is 19.5 Å². The third-order valence-corrected chi connectivity index (χ3v) is 3.55. The van der Waals surface area contributed by atoms with Crippen LogP contribution in [0.4, 0.5) is 18.0 Å². The first-order chi connectivity index (χ1) is 8.88. The van der Waals surface area contributed by atoms with Gasteiger partial charge >= 0.3 is 12.2 Å². The number of imide groups is 1. The molecule has 108 valence electrons. The van der Waals surface area contributed by atoms with Crippen LogP contribution in [0.25, 0.3) is 0 Å². The van der Waals surface area contributed by atoms with Crippen LogP contribution < -0.4 is 5.32 Å². The highest BCUT2D eigenvalue weighted by molar-refractivity contribution is 6.01. The summed E-state index contributed by atoms with van der Waals surface area (Å²) in [6.45, 7) is 0.953. The van der Waals surface area contributed by atoms with E-state index in [1.807, 2.05) is 0 Å². The zero-order valence-electron chi connectivity index (χ0n) is 10.4. The van der Waals surface area contributed by atoms with Gasteiger partial charge in [0.25, 0.3) is 0 Å². The summed E-state index contributed by atoms with van der Waals surface area (Å²) in [6.07, 6.45) is -3.52. The Hall–Kier alpha value is -1.31. The summed E-state index contributed by atoms with van der Waals surface area (Å²) in [5.74, 6) is -1.63. The molecule has 0 aromatic rings. The molecule has 2 aliphatic heterocycles.